The van der Waals surface area contributed by atoms with E-state index < -0.39 is 23.5 Å². The Morgan fingerprint density at radius 3 is 2.50 bits per heavy atom. The smallest absolute Gasteiger partial charge is 0.283 e. The number of imide groups is 1. The van der Waals surface area contributed by atoms with E-state index in [4.69, 9.17) is 16.3 Å². The summed E-state index contributed by atoms with van der Waals surface area (Å²) in [7, 11) is 1.51. The number of nitrogens with zero attached hydrogens (tertiary/aromatic N) is 1. The third kappa shape index (κ3) is 4.35. The standard InChI is InChI=1S/C25H19ClFN3O4/c1-14-10-11-20(34-2)18(12-14)29-23(31)15-6-5-7-16(13-15)28-22-21(26)24(32)30(25(22)33)19-9-4-3-8-17(19)27/h3-13,28H,1-2H3,(H,29,31). The Balaban J connectivity index is 1.56. The number of benzene rings is 3. The van der Waals surface area contributed by atoms with Crippen molar-refractivity contribution in [1.82, 2.24) is 0 Å². The van der Waals surface area contributed by atoms with E-state index in [-0.39, 0.29) is 22.0 Å². The van der Waals surface area contributed by atoms with Gasteiger partial charge in [-0.3, -0.25) is 14.4 Å². The van der Waals surface area contributed by atoms with Crippen molar-refractivity contribution in [3.8, 4) is 5.75 Å². The molecule has 3 aromatic carbocycles. The number of halogens is 2. The summed E-state index contributed by atoms with van der Waals surface area (Å²) in [6, 6.07) is 17.1. The third-order valence-electron chi connectivity index (χ3n) is 5.12. The molecule has 172 valence electrons. The van der Waals surface area contributed by atoms with Gasteiger partial charge in [-0.2, -0.15) is 0 Å². The number of anilines is 3. The van der Waals surface area contributed by atoms with Crippen molar-refractivity contribution in [2.24, 2.45) is 0 Å². The zero-order valence-corrected chi connectivity index (χ0v) is 18.9. The van der Waals surface area contributed by atoms with Crippen LogP contribution in [0.4, 0.5) is 21.5 Å². The predicted octanol–water partition coefficient (Wildman–Crippen LogP) is 4.83. The van der Waals surface area contributed by atoms with Crippen LogP contribution in [0.5, 0.6) is 5.75 Å². The fraction of sp³-hybridized carbons (Fsp3) is 0.0800. The molecule has 0 saturated carbocycles. The second-order valence-corrected chi connectivity index (χ2v) is 7.83. The maximum atomic E-state index is 14.2. The Morgan fingerprint density at radius 2 is 1.76 bits per heavy atom. The van der Waals surface area contributed by atoms with Gasteiger partial charge in [-0.15, -0.1) is 0 Å². The number of carbonyl (C=O) groups excluding carboxylic acids is 3. The highest BCUT2D eigenvalue weighted by Gasteiger charge is 2.40. The first-order valence-electron chi connectivity index (χ1n) is 10.2. The van der Waals surface area contributed by atoms with Crippen LogP contribution in [0.25, 0.3) is 0 Å². The van der Waals surface area contributed by atoms with Crippen LogP contribution in [0.2, 0.25) is 0 Å². The molecule has 0 saturated heterocycles. The number of hydrogen-bond donors (Lipinski definition) is 2. The van der Waals surface area contributed by atoms with Crippen LogP contribution >= 0.6 is 11.6 Å². The molecule has 0 radical (unpaired) electrons. The monoisotopic (exact) mass is 479 g/mol. The highest BCUT2D eigenvalue weighted by atomic mass is 35.5. The van der Waals surface area contributed by atoms with Gasteiger partial charge in [0.15, 0.2) is 0 Å². The van der Waals surface area contributed by atoms with Crippen LogP contribution in [0, 0.1) is 12.7 Å². The maximum absolute atomic E-state index is 14.2. The van der Waals surface area contributed by atoms with Crippen molar-refractivity contribution >= 4 is 46.4 Å². The summed E-state index contributed by atoms with van der Waals surface area (Å²) in [4.78, 5) is 39.0. The van der Waals surface area contributed by atoms with E-state index in [1.165, 1.54) is 31.4 Å². The van der Waals surface area contributed by atoms with Crippen LogP contribution in [0.3, 0.4) is 0 Å². The highest BCUT2D eigenvalue weighted by molar-refractivity contribution is 6.53. The quantitative estimate of drug-likeness (QED) is 0.494. The summed E-state index contributed by atoms with van der Waals surface area (Å²) in [6.45, 7) is 1.89. The number of nitrogens with one attached hydrogen (secondary N) is 2. The zero-order valence-electron chi connectivity index (χ0n) is 18.2. The number of methoxy groups -OCH3 is 1. The number of carbonyl (C=O) groups is 3. The lowest BCUT2D eigenvalue weighted by Gasteiger charge is -2.16. The molecule has 0 bridgehead atoms. The summed E-state index contributed by atoms with van der Waals surface area (Å²) in [5.74, 6) is -2.29. The summed E-state index contributed by atoms with van der Waals surface area (Å²) in [6.07, 6.45) is 0. The first-order chi connectivity index (χ1) is 16.3. The second-order valence-electron chi connectivity index (χ2n) is 7.45. The molecule has 1 aliphatic rings. The van der Waals surface area contributed by atoms with Crippen LogP contribution in [0.15, 0.2) is 77.5 Å². The minimum atomic E-state index is -0.847. The molecule has 3 aromatic rings. The van der Waals surface area contributed by atoms with Gasteiger partial charge in [0.1, 0.15) is 22.3 Å². The third-order valence-corrected chi connectivity index (χ3v) is 5.47. The van der Waals surface area contributed by atoms with Gasteiger partial charge in [0.25, 0.3) is 17.7 Å². The normalized spacial score (nSPS) is 13.4. The lowest BCUT2D eigenvalue weighted by molar-refractivity contribution is -0.120. The molecule has 4 rings (SSSR count). The van der Waals surface area contributed by atoms with Crippen molar-refractivity contribution < 1.29 is 23.5 Å². The summed E-state index contributed by atoms with van der Waals surface area (Å²) in [5.41, 5.74) is 1.66. The van der Waals surface area contributed by atoms with E-state index in [9.17, 15) is 18.8 Å². The number of aryl methyl sites for hydroxylation is 1. The van der Waals surface area contributed by atoms with Crippen LogP contribution < -0.4 is 20.3 Å². The van der Waals surface area contributed by atoms with E-state index in [0.29, 0.717) is 22.0 Å². The molecule has 34 heavy (non-hydrogen) atoms. The van der Waals surface area contributed by atoms with Crippen molar-refractivity contribution in [2.75, 3.05) is 22.6 Å². The number of para-hydroxylation sites is 1. The Hall–Kier alpha value is -4.17. The van der Waals surface area contributed by atoms with Gasteiger partial charge in [0, 0.05) is 11.3 Å². The Morgan fingerprint density at radius 1 is 1.00 bits per heavy atom. The summed E-state index contributed by atoms with van der Waals surface area (Å²) < 4.78 is 19.5. The molecule has 0 spiro atoms. The highest BCUT2D eigenvalue weighted by Crippen LogP contribution is 2.32. The molecule has 0 unspecified atom stereocenters. The van der Waals surface area contributed by atoms with E-state index >= 15 is 0 Å². The Kier molecular flexibility index (Phi) is 6.34. The minimum Gasteiger partial charge on any atom is -0.495 e. The van der Waals surface area contributed by atoms with E-state index in [0.717, 1.165) is 11.6 Å². The maximum Gasteiger partial charge on any atom is 0.283 e. The average Bonchev–Trinajstić information content (AvgIpc) is 3.03. The predicted molar refractivity (Wildman–Crippen MR) is 128 cm³/mol. The molecule has 3 amide bonds. The van der Waals surface area contributed by atoms with Gasteiger partial charge in [0.05, 0.1) is 18.5 Å². The fourth-order valence-electron chi connectivity index (χ4n) is 3.46. The van der Waals surface area contributed by atoms with E-state index in [2.05, 4.69) is 10.6 Å². The lowest BCUT2D eigenvalue weighted by atomic mass is 10.1. The molecular formula is C25H19ClFN3O4. The molecule has 1 heterocycles. The first kappa shape index (κ1) is 23.0. The zero-order chi connectivity index (χ0) is 24.4. The molecular weight excluding hydrogens is 461 g/mol. The summed E-state index contributed by atoms with van der Waals surface area (Å²) in [5, 5.41) is 5.21. The number of hydrogen-bond acceptors (Lipinski definition) is 5. The largest absolute Gasteiger partial charge is 0.495 e. The van der Waals surface area contributed by atoms with Crippen molar-refractivity contribution in [3.05, 3.63) is 94.4 Å². The van der Waals surface area contributed by atoms with Crippen molar-refractivity contribution in [3.63, 3.8) is 0 Å². The molecule has 2 N–H and O–H groups in total. The van der Waals surface area contributed by atoms with Gasteiger partial charge in [-0.1, -0.05) is 35.9 Å². The van der Waals surface area contributed by atoms with E-state index in [1.807, 2.05) is 13.0 Å². The number of rotatable bonds is 6. The molecule has 1 aliphatic heterocycles. The van der Waals surface area contributed by atoms with Gasteiger partial charge < -0.3 is 15.4 Å². The van der Waals surface area contributed by atoms with Crippen molar-refractivity contribution in [1.29, 1.82) is 0 Å². The molecule has 9 heteroatoms. The van der Waals surface area contributed by atoms with Gasteiger partial charge in [-0.25, -0.2) is 9.29 Å². The molecule has 0 aromatic heterocycles. The van der Waals surface area contributed by atoms with Gasteiger partial charge >= 0.3 is 0 Å². The topological polar surface area (TPSA) is 87.7 Å². The molecule has 0 atom stereocenters. The van der Waals surface area contributed by atoms with Crippen molar-refractivity contribution in [2.45, 2.75) is 6.92 Å². The molecule has 7 nitrogen and oxygen atoms in total. The molecule has 0 fully saturated rings. The van der Waals surface area contributed by atoms with Crippen LogP contribution in [-0.4, -0.2) is 24.8 Å². The van der Waals surface area contributed by atoms with Gasteiger partial charge in [-0.05, 0) is 55.0 Å². The number of amides is 3. The van der Waals surface area contributed by atoms with E-state index in [1.54, 1.807) is 30.3 Å². The number of ether oxygens (including phenoxy) is 1. The SMILES string of the molecule is COc1ccc(C)cc1NC(=O)c1cccc(NC2=C(Cl)C(=O)N(c3ccccc3F)C2=O)c1. The Labute approximate surface area is 199 Å². The minimum absolute atomic E-state index is 0.201. The van der Waals surface area contributed by atoms with Crippen LogP contribution in [-0.2, 0) is 9.59 Å². The fourth-order valence-corrected chi connectivity index (χ4v) is 3.67. The molecule has 0 aliphatic carbocycles. The van der Waals surface area contributed by atoms with Crippen LogP contribution in [0.1, 0.15) is 15.9 Å². The van der Waals surface area contributed by atoms with Gasteiger partial charge in [0.2, 0.25) is 0 Å². The first-order valence-corrected chi connectivity index (χ1v) is 10.5. The second kappa shape index (κ2) is 9.36. The summed E-state index contributed by atoms with van der Waals surface area (Å²) >= 11 is 6.12. The average molecular weight is 480 g/mol. The lowest BCUT2D eigenvalue weighted by Crippen LogP contribution is -2.33. The Bertz CT molecular complexity index is 1360.